The van der Waals surface area contributed by atoms with Crippen molar-refractivity contribution in [3.05, 3.63) is 70.2 Å². The molecule has 1 aliphatic rings. The van der Waals surface area contributed by atoms with E-state index in [2.05, 4.69) is 15.9 Å². The molecule has 0 aromatic heterocycles. The summed E-state index contributed by atoms with van der Waals surface area (Å²) in [5, 5.41) is 1.76. The van der Waals surface area contributed by atoms with Gasteiger partial charge in [-0.1, -0.05) is 65.2 Å². The highest BCUT2D eigenvalue weighted by Crippen LogP contribution is 2.49. The van der Waals surface area contributed by atoms with Gasteiger partial charge in [0.1, 0.15) is 0 Å². The number of unbranched alkanes of at least 4 members (excludes halogenated alkanes) is 1. The molecule has 0 N–H and O–H groups in total. The molecule has 1 aliphatic heterocycles. The van der Waals surface area contributed by atoms with Crippen LogP contribution in [0.3, 0.4) is 0 Å². The van der Waals surface area contributed by atoms with E-state index in [-0.39, 0.29) is 11.3 Å². The summed E-state index contributed by atoms with van der Waals surface area (Å²) in [6.07, 6.45) is 1.66. The molecule has 0 radical (unpaired) electrons. The van der Waals surface area contributed by atoms with Crippen LogP contribution in [0.15, 0.2) is 64.0 Å². The predicted octanol–water partition coefficient (Wildman–Crippen LogP) is 5.89. The molecule has 0 saturated carbocycles. The number of aryl methyl sites for hydroxylation is 1. The summed E-state index contributed by atoms with van der Waals surface area (Å²) in [6, 6.07) is 15.5. The monoisotopic (exact) mass is 501 g/mol. The minimum Gasteiger partial charge on any atom is -0.466 e. The largest absolute Gasteiger partial charge is 0.466 e. The Bertz CT molecular complexity index is 1240. The highest BCUT2D eigenvalue weighted by molar-refractivity contribution is 9.10. The van der Waals surface area contributed by atoms with Gasteiger partial charge in [-0.2, -0.15) is 0 Å². The van der Waals surface area contributed by atoms with Gasteiger partial charge in [-0.25, -0.2) is 8.42 Å². The third kappa shape index (κ3) is 3.96. The zero-order valence-electron chi connectivity index (χ0n) is 17.5. The van der Waals surface area contributed by atoms with Crippen molar-refractivity contribution in [2.45, 2.75) is 44.0 Å². The molecule has 1 unspecified atom stereocenters. The number of carbonyl (C=O) groups is 1. The fraction of sp³-hybridized carbons (Fsp3) is 0.292. The van der Waals surface area contributed by atoms with Gasteiger partial charge in [-0.3, -0.25) is 9.10 Å². The molecule has 3 aromatic carbocycles. The van der Waals surface area contributed by atoms with Crippen LogP contribution < -0.4 is 4.31 Å². The van der Waals surface area contributed by atoms with Gasteiger partial charge in [0.05, 0.1) is 29.7 Å². The van der Waals surface area contributed by atoms with E-state index >= 15 is 0 Å². The molecule has 0 fully saturated rings. The van der Waals surface area contributed by atoms with E-state index in [1.54, 1.807) is 30.3 Å². The molecule has 5 nitrogen and oxygen atoms in total. The Kier molecular flexibility index (Phi) is 6.08. The Morgan fingerprint density at radius 2 is 1.84 bits per heavy atom. The van der Waals surface area contributed by atoms with E-state index in [0.29, 0.717) is 12.3 Å². The molecule has 0 spiro atoms. The highest BCUT2D eigenvalue weighted by Gasteiger charge is 2.41. The Labute approximate surface area is 191 Å². The summed E-state index contributed by atoms with van der Waals surface area (Å²) in [4.78, 5) is 12.8. The van der Waals surface area contributed by atoms with Crippen molar-refractivity contribution in [2.75, 3.05) is 10.9 Å². The summed E-state index contributed by atoms with van der Waals surface area (Å²) in [5.74, 6) is -0.397. The van der Waals surface area contributed by atoms with E-state index in [1.165, 1.54) is 4.31 Å². The van der Waals surface area contributed by atoms with Crippen LogP contribution in [-0.2, 0) is 19.6 Å². The lowest BCUT2D eigenvalue weighted by Crippen LogP contribution is -2.33. The summed E-state index contributed by atoms with van der Waals surface area (Å²) >= 11 is 3.57. The van der Waals surface area contributed by atoms with Gasteiger partial charge in [-0.15, -0.1) is 0 Å². The average molecular weight is 502 g/mol. The molecular formula is C24H24BrNO4S. The Hall–Kier alpha value is -2.38. The number of sulfonamides is 1. The molecule has 1 heterocycles. The number of halogens is 1. The van der Waals surface area contributed by atoms with Gasteiger partial charge in [0.2, 0.25) is 0 Å². The fourth-order valence-electron chi connectivity index (χ4n) is 4.00. The average Bonchev–Trinajstić information content (AvgIpc) is 3.06. The van der Waals surface area contributed by atoms with Gasteiger partial charge in [0.25, 0.3) is 10.0 Å². The molecule has 4 rings (SSSR count). The number of nitrogens with zero attached hydrogens (tertiary/aromatic N) is 1. The van der Waals surface area contributed by atoms with Crippen LogP contribution in [0.4, 0.5) is 5.69 Å². The summed E-state index contributed by atoms with van der Waals surface area (Å²) in [7, 11) is -3.89. The third-order valence-corrected chi connectivity index (χ3v) is 8.10. The van der Waals surface area contributed by atoms with Crippen LogP contribution in [-0.4, -0.2) is 21.0 Å². The van der Waals surface area contributed by atoms with Crippen molar-refractivity contribution in [3.63, 3.8) is 0 Å². The topological polar surface area (TPSA) is 63.7 Å². The molecule has 1 atom stereocenters. The van der Waals surface area contributed by atoms with E-state index in [9.17, 15) is 13.2 Å². The maximum Gasteiger partial charge on any atom is 0.308 e. The molecule has 162 valence electrons. The molecule has 0 amide bonds. The smallest absolute Gasteiger partial charge is 0.308 e. The van der Waals surface area contributed by atoms with Gasteiger partial charge in [-0.05, 0) is 48.6 Å². The third-order valence-electron chi connectivity index (χ3n) is 5.58. The van der Waals surface area contributed by atoms with E-state index in [4.69, 9.17) is 4.74 Å². The molecule has 3 aromatic rings. The quantitative estimate of drug-likeness (QED) is 0.298. The maximum atomic E-state index is 13.8. The highest BCUT2D eigenvalue weighted by atomic mass is 79.9. The van der Waals surface area contributed by atoms with Gasteiger partial charge < -0.3 is 4.74 Å². The molecule has 0 saturated heterocycles. The number of rotatable bonds is 7. The van der Waals surface area contributed by atoms with Crippen LogP contribution in [0.2, 0.25) is 0 Å². The zero-order valence-corrected chi connectivity index (χ0v) is 19.9. The maximum absolute atomic E-state index is 13.8. The van der Waals surface area contributed by atoms with Crippen molar-refractivity contribution < 1.29 is 17.9 Å². The SMILES string of the molecule is CCCCOC(=O)CC1c2cccc3c(Br)ccc(c23)N1S(=O)(=O)c1ccc(C)cc1. The zero-order chi connectivity index (χ0) is 22.2. The second-order valence-electron chi connectivity index (χ2n) is 7.74. The second kappa shape index (κ2) is 8.63. The van der Waals surface area contributed by atoms with E-state index < -0.39 is 22.0 Å². The summed E-state index contributed by atoms with van der Waals surface area (Å²) < 4.78 is 35.2. The Balaban J connectivity index is 1.82. The van der Waals surface area contributed by atoms with Crippen molar-refractivity contribution in [1.82, 2.24) is 0 Å². The predicted molar refractivity (Wildman–Crippen MR) is 126 cm³/mol. The van der Waals surface area contributed by atoms with E-state index in [0.717, 1.165) is 39.2 Å². The number of benzene rings is 3. The first-order valence-electron chi connectivity index (χ1n) is 10.3. The van der Waals surface area contributed by atoms with Gasteiger partial charge in [0, 0.05) is 9.86 Å². The lowest BCUT2D eigenvalue weighted by atomic mass is 10.0. The van der Waals surface area contributed by atoms with Crippen LogP contribution in [0.5, 0.6) is 0 Å². The molecular weight excluding hydrogens is 478 g/mol. The fourth-order valence-corrected chi connectivity index (χ4v) is 6.10. The van der Waals surface area contributed by atoms with Crippen LogP contribution in [0.25, 0.3) is 10.8 Å². The van der Waals surface area contributed by atoms with Crippen molar-refractivity contribution in [2.24, 2.45) is 0 Å². The molecule has 0 aliphatic carbocycles. The standard InChI is InChI=1S/C24H24BrNO4S/c1-3-4-14-30-23(27)15-22-19-7-5-6-18-20(25)12-13-21(24(18)19)26(22)31(28,29)17-10-8-16(2)9-11-17/h5-13,22H,3-4,14-15H2,1-2H3. The van der Waals surface area contributed by atoms with Crippen molar-refractivity contribution >= 4 is 48.4 Å². The normalized spacial score (nSPS) is 15.5. The minimum absolute atomic E-state index is 0.0415. The lowest BCUT2D eigenvalue weighted by molar-refractivity contribution is -0.144. The number of esters is 1. The summed E-state index contributed by atoms with van der Waals surface area (Å²) in [6.45, 7) is 4.28. The van der Waals surface area contributed by atoms with Crippen LogP contribution in [0.1, 0.15) is 43.4 Å². The number of ether oxygens (including phenoxy) is 1. The first-order chi connectivity index (χ1) is 14.8. The number of carbonyl (C=O) groups excluding carboxylic acids is 1. The van der Waals surface area contributed by atoms with E-state index in [1.807, 2.05) is 38.1 Å². The minimum atomic E-state index is -3.89. The Morgan fingerprint density at radius 3 is 2.55 bits per heavy atom. The Morgan fingerprint density at radius 1 is 1.10 bits per heavy atom. The number of anilines is 1. The molecule has 7 heteroatoms. The molecule has 0 bridgehead atoms. The van der Waals surface area contributed by atoms with Crippen molar-refractivity contribution in [3.8, 4) is 0 Å². The summed E-state index contributed by atoms with van der Waals surface area (Å²) in [5.41, 5.74) is 2.38. The van der Waals surface area contributed by atoms with Crippen molar-refractivity contribution in [1.29, 1.82) is 0 Å². The number of hydrogen-bond donors (Lipinski definition) is 0. The second-order valence-corrected chi connectivity index (χ2v) is 10.4. The van der Waals surface area contributed by atoms with Gasteiger partial charge in [0.15, 0.2) is 0 Å². The first kappa shape index (κ1) is 21.8. The molecule has 31 heavy (non-hydrogen) atoms. The van der Waals surface area contributed by atoms with Crippen LogP contribution in [0, 0.1) is 6.92 Å². The van der Waals surface area contributed by atoms with Crippen LogP contribution >= 0.6 is 15.9 Å². The van der Waals surface area contributed by atoms with Gasteiger partial charge >= 0.3 is 5.97 Å². The lowest BCUT2D eigenvalue weighted by Gasteiger charge is -2.27. The first-order valence-corrected chi connectivity index (χ1v) is 12.6. The number of hydrogen-bond acceptors (Lipinski definition) is 4.